The molecule has 1 aliphatic rings. The number of hydrogen-bond acceptors (Lipinski definition) is 2. The molecule has 0 bridgehead atoms. The number of ether oxygens (including phenoxy) is 1. The normalized spacial score (nSPS) is 18.7. The van der Waals surface area contributed by atoms with Gasteiger partial charge in [-0.15, -0.1) is 0 Å². The highest BCUT2D eigenvalue weighted by atomic mass is 79.9. The Labute approximate surface area is 135 Å². The molecular weight excluding hydrogens is 328 g/mol. The van der Waals surface area contributed by atoms with Crippen molar-refractivity contribution >= 4 is 22.0 Å². The zero-order chi connectivity index (χ0) is 15.4. The first-order valence-corrected chi connectivity index (χ1v) is 7.90. The van der Waals surface area contributed by atoms with Gasteiger partial charge in [0.25, 0.3) is 0 Å². The van der Waals surface area contributed by atoms with Crippen molar-refractivity contribution in [2.24, 2.45) is 0 Å². The van der Waals surface area contributed by atoms with Gasteiger partial charge in [-0.1, -0.05) is 45.8 Å². The Morgan fingerprint density at radius 1 is 1.48 bits per heavy atom. The fourth-order valence-corrected chi connectivity index (χ4v) is 2.88. The molecule has 0 amide bonds. The molecule has 1 aliphatic heterocycles. The number of phenolic OH excluding ortho intramolecular Hbond substituents is 1. The van der Waals surface area contributed by atoms with Crippen LogP contribution in [0.2, 0.25) is 0 Å². The Kier molecular flexibility index (Phi) is 5.43. The largest absolute Gasteiger partial charge is 0.507 e. The number of benzene rings is 1. The van der Waals surface area contributed by atoms with Crippen LogP contribution >= 0.6 is 15.9 Å². The van der Waals surface area contributed by atoms with E-state index in [9.17, 15) is 5.11 Å². The van der Waals surface area contributed by atoms with E-state index in [-0.39, 0.29) is 6.10 Å². The van der Waals surface area contributed by atoms with Gasteiger partial charge in [0.15, 0.2) is 0 Å². The molecule has 1 heterocycles. The molecule has 0 aromatic heterocycles. The molecule has 21 heavy (non-hydrogen) atoms. The van der Waals surface area contributed by atoms with Gasteiger partial charge in [0, 0.05) is 10.0 Å². The van der Waals surface area contributed by atoms with Crippen molar-refractivity contribution in [1.29, 1.82) is 0 Å². The highest BCUT2D eigenvalue weighted by Gasteiger charge is 2.19. The first kappa shape index (κ1) is 16.1. The molecule has 0 spiro atoms. The highest BCUT2D eigenvalue weighted by molar-refractivity contribution is 9.10. The van der Waals surface area contributed by atoms with E-state index in [0.29, 0.717) is 12.4 Å². The van der Waals surface area contributed by atoms with Gasteiger partial charge in [-0.25, -0.2) is 0 Å². The molecule has 0 radical (unpaired) electrons. The maximum atomic E-state index is 9.87. The summed E-state index contributed by atoms with van der Waals surface area (Å²) in [5.41, 5.74) is 4.38. The molecule has 1 aromatic carbocycles. The summed E-state index contributed by atoms with van der Waals surface area (Å²) in [7, 11) is 0. The van der Waals surface area contributed by atoms with Gasteiger partial charge in [0.1, 0.15) is 5.75 Å². The van der Waals surface area contributed by atoms with Crippen LogP contribution < -0.4 is 0 Å². The van der Waals surface area contributed by atoms with Crippen molar-refractivity contribution in [3.63, 3.8) is 0 Å². The minimum absolute atomic E-state index is 0.155. The standard InChI is InChI=1S/C18H21BrO2/c1-12(2)16-8-9-21-18(16)7-4-13(3)10-14-11-15(19)5-6-17(14)20/h5-6,8,10-11,18,20H,1,4,7,9H2,2-3H3/b13-10+. The molecule has 112 valence electrons. The first-order valence-electron chi connectivity index (χ1n) is 7.10. The third kappa shape index (κ3) is 4.32. The molecule has 1 aromatic rings. The summed E-state index contributed by atoms with van der Waals surface area (Å²) in [5.74, 6) is 0.303. The number of phenols is 1. The Balaban J connectivity index is 2.00. The lowest BCUT2D eigenvalue weighted by molar-refractivity contribution is 0.116. The smallest absolute Gasteiger partial charge is 0.122 e. The molecule has 1 atom stereocenters. The van der Waals surface area contributed by atoms with Gasteiger partial charge in [-0.05, 0) is 50.5 Å². The Hall–Kier alpha value is -1.32. The van der Waals surface area contributed by atoms with E-state index in [0.717, 1.165) is 28.5 Å². The molecule has 0 saturated heterocycles. The fourth-order valence-electron chi connectivity index (χ4n) is 2.50. The average Bonchev–Trinajstić information content (AvgIpc) is 2.89. The number of aromatic hydroxyl groups is 1. The fraction of sp³-hybridized carbons (Fsp3) is 0.333. The zero-order valence-corrected chi connectivity index (χ0v) is 14.1. The zero-order valence-electron chi connectivity index (χ0n) is 12.5. The SMILES string of the molecule is C=C(C)C1=CCOC1CC/C(C)=C/c1cc(Br)ccc1O. The van der Waals surface area contributed by atoms with Crippen LogP contribution in [0.15, 0.2) is 52.0 Å². The lowest BCUT2D eigenvalue weighted by Crippen LogP contribution is -2.10. The number of halogens is 1. The van der Waals surface area contributed by atoms with Gasteiger partial charge >= 0.3 is 0 Å². The summed E-state index contributed by atoms with van der Waals surface area (Å²) in [6.07, 6.45) is 6.17. The molecule has 3 heteroatoms. The summed E-state index contributed by atoms with van der Waals surface area (Å²) < 4.78 is 6.70. The lowest BCUT2D eigenvalue weighted by Gasteiger charge is -2.15. The van der Waals surface area contributed by atoms with Crippen molar-refractivity contribution in [3.8, 4) is 5.75 Å². The number of hydrogen-bond donors (Lipinski definition) is 1. The maximum absolute atomic E-state index is 9.87. The second-order valence-electron chi connectivity index (χ2n) is 5.49. The van der Waals surface area contributed by atoms with Crippen LogP contribution in [0.5, 0.6) is 5.75 Å². The summed E-state index contributed by atoms with van der Waals surface area (Å²) in [4.78, 5) is 0. The van der Waals surface area contributed by atoms with Crippen molar-refractivity contribution in [1.82, 2.24) is 0 Å². The second kappa shape index (κ2) is 7.10. The van der Waals surface area contributed by atoms with Crippen molar-refractivity contribution in [2.45, 2.75) is 32.8 Å². The van der Waals surface area contributed by atoms with Crippen molar-refractivity contribution in [2.75, 3.05) is 6.61 Å². The molecular formula is C18H21BrO2. The Bertz CT molecular complexity index is 599. The summed E-state index contributed by atoms with van der Waals surface area (Å²) in [6, 6.07) is 5.45. The number of rotatable bonds is 5. The average molecular weight is 349 g/mol. The summed E-state index contributed by atoms with van der Waals surface area (Å²) >= 11 is 3.43. The van der Waals surface area contributed by atoms with E-state index >= 15 is 0 Å². The first-order chi connectivity index (χ1) is 9.97. The third-order valence-electron chi connectivity index (χ3n) is 3.63. The van der Waals surface area contributed by atoms with Gasteiger partial charge < -0.3 is 9.84 Å². The minimum atomic E-state index is 0.155. The molecule has 1 N–H and O–H groups in total. The highest BCUT2D eigenvalue weighted by Crippen LogP contribution is 2.28. The van der Waals surface area contributed by atoms with E-state index in [1.54, 1.807) is 6.07 Å². The quantitative estimate of drug-likeness (QED) is 0.788. The molecule has 0 fully saturated rings. The molecule has 1 unspecified atom stereocenters. The van der Waals surface area contributed by atoms with Gasteiger partial charge in [0.05, 0.1) is 12.7 Å². The maximum Gasteiger partial charge on any atom is 0.122 e. The molecule has 0 aliphatic carbocycles. The second-order valence-corrected chi connectivity index (χ2v) is 6.41. The van der Waals surface area contributed by atoms with Crippen molar-refractivity contribution in [3.05, 3.63) is 57.6 Å². The van der Waals surface area contributed by atoms with E-state index in [2.05, 4.69) is 35.5 Å². The van der Waals surface area contributed by atoms with Crippen LogP contribution in [0.4, 0.5) is 0 Å². The van der Waals surface area contributed by atoms with E-state index in [1.807, 2.05) is 25.1 Å². The molecule has 2 rings (SSSR count). The van der Waals surface area contributed by atoms with Gasteiger partial charge in [-0.2, -0.15) is 0 Å². The minimum Gasteiger partial charge on any atom is -0.507 e. The van der Waals surface area contributed by atoms with Crippen LogP contribution in [0.3, 0.4) is 0 Å². The van der Waals surface area contributed by atoms with E-state index in [1.165, 1.54) is 11.1 Å². The molecule has 2 nitrogen and oxygen atoms in total. The Morgan fingerprint density at radius 3 is 2.95 bits per heavy atom. The van der Waals surface area contributed by atoms with Crippen molar-refractivity contribution < 1.29 is 9.84 Å². The summed E-state index contributed by atoms with van der Waals surface area (Å²) in [5, 5.41) is 9.87. The van der Waals surface area contributed by atoms with E-state index < -0.39 is 0 Å². The lowest BCUT2D eigenvalue weighted by atomic mass is 9.98. The predicted molar refractivity (Wildman–Crippen MR) is 91.3 cm³/mol. The van der Waals surface area contributed by atoms with E-state index in [4.69, 9.17) is 4.74 Å². The topological polar surface area (TPSA) is 29.5 Å². The number of allylic oxidation sites excluding steroid dienone is 1. The summed E-state index contributed by atoms with van der Waals surface area (Å²) in [6.45, 7) is 8.79. The van der Waals surface area contributed by atoms with Crippen LogP contribution in [0, 0.1) is 0 Å². The van der Waals surface area contributed by atoms with Crippen LogP contribution in [-0.4, -0.2) is 17.8 Å². The third-order valence-corrected chi connectivity index (χ3v) is 4.13. The van der Waals surface area contributed by atoms with Gasteiger partial charge in [0.2, 0.25) is 0 Å². The van der Waals surface area contributed by atoms with Gasteiger partial charge in [-0.3, -0.25) is 0 Å². The van der Waals surface area contributed by atoms with Crippen LogP contribution in [0.25, 0.3) is 6.08 Å². The monoisotopic (exact) mass is 348 g/mol. The molecule has 0 saturated carbocycles. The van der Waals surface area contributed by atoms with Crippen LogP contribution in [-0.2, 0) is 4.74 Å². The van der Waals surface area contributed by atoms with Crippen LogP contribution in [0.1, 0.15) is 32.3 Å². The Morgan fingerprint density at radius 2 is 2.24 bits per heavy atom. The predicted octanol–water partition coefficient (Wildman–Crippen LogP) is 5.24.